The van der Waals surface area contributed by atoms with Crippen LogP contribution < -0.4 is 5.32 Å². The number of carbonyl (C=O) groups is 5. The number of fused-ring (bicyclic) bond motifs is 4. The minimum Gasteiger partial charge on any atom is -0.337 e. The highest BCUT2D eigenvalue weighted by Gasteiger charge is 2.48. The number of likely N-dealkylation sites (tertiary alicyclic amines) is 4. The fraction of sp³-hybridized carbons (Fsp3) is 0.534. The molecule has 4 saturated heterocycles. The Labute approximate surface area is 727 Å². The van der Waals surface area contributed by atoms with Gasteiger partial charge in [0.25, 0.3) is 23.6 Å². The second-order valence-corrected chi connectivity index (χ2v) is 35.7. The van der Waals surface area contributed by atoms with E-state index >= 15 is 0 Å². The van der Waals surface area contributed by atoms with Gasteiger partial charge in [0.1, 0.15) is 0 Å². The maximum absolute atomic E-state index is 14.0. The molecule has 18 rings (SSSR count). The minimum atomic E-state index is -5.02. The van der Waals surface area contributed by atoms with E-state index in [1.54, 1.807) is 19.6 Å². The number of hydrogen-bond donors (Lipinski definition) is 5. The molecule has 0 unspecified atom stereocenters. The first-order chi connectivity index (χ1) is 60.9. The molecule has 0 radical (unpaired) electrons. The second kappa shape index (κ2) is 37.8. The molecule has 2 saturated carbocycles. The molecule has 5 N–H and O–H groups in total. The van der Waals surface area contributed by atoms with Crippen LogP contribution in [0, 0.1) is 57.9 Å². The number of aromatic nitrogens is 8. The lowest BCUT2D eigenvalue weighted by atomic mass is 9.86. The van der Waals surface area contributed by atoms with Crippen molar-refractivity contribution in [2.45, 2.75) is 231 Å². The van der Waals surface area contributed by atoms with Crippen LogP contribution in [0.3, 0.4) is 0 Å². The molecule has 698 valence electrons. The number of aromatic amines is 4. The van der Waals surface area contributed by atoms with Crippen LogP contribution >= 0.6 is 0 Å². The summed E-state index contributed by atoms with van der Waals surface area (Å²) in [4.78, 5) is 75.7. The SMILES string of the molecule is CC(=O)N1Cc2[nH]nc(C(=O)N3CCC(c4ccc(F)c(F)c4C(F)(F)F)CC3)c2C1.CC(C)(C)CN1Cc2[nH]nc(C(=O)N3CCC(c4ccc(F)c(F)c4C(F)(F)F)CC3)c2C1.CCC1CC1.O=C(c1n[nH]c2c1CN(C1CCC1)C2)N1CCC(c2ccc(F)c(F)c2C(F)(F)F)CC1.O=C(c1n[nH]c2c1CNC2)N1CCC(c2ccc(F)c(F)c2C(F)(F)F)CC1. The van der Waals surface area contributed by atoms with Gasteiger partial charge in [-0.3, -0.25) is 54.2 Å². The van der Waals surface area contributed by atoms with Gasteiger partial charge in [0, 0.05) is 133 Å². The van der Waals surface area contributed by atoms with Crippen molar-refractivity contribution >= 4 is 29.5 Å². The van der Waals surface area contributed by atoms with Crippen molar-refractivity contribution in [3.63, 3.8) is 0 Å². The van der Waals surface area contributed by atoms with Crippen molar-refractivity contribution in [1.82, 2.24) is 80.4 Å². The van der Waals surface area contributed by atoms with Gasteiger partial charge in [0.15, 0.2) is 69.3 Å². The summed E-state index contributed by atoms with van der Waals surface area (Å²) in [6, 6.07) is 7.42. The third-order valence-electron chi connectivity index (χ3n) is 25.9. The van der Waals surface area contributed by atoms with Gasteiger partial charge >= 0.3 is 24.7 Å². The van der Waals surface area contributed by atoms with Crippen LogP contribution in [0.4, 0.5) is 87.8 Å². The number of benzene rings is 4. The first-order valence-electron chi connectivity index (χ1n) is 42.9. The summed E-state index contributed by atoms with van der Waals surface area (Å²) >= 11 is 0. The summed E-state index contributed by atoms with van der Waals surface area (Å²) in [6.45, 7) is 17.1. The van der Waals surface area contributed by atoms with E-state index in [9.17, 15) is 112 Å². The average Bonchev–Trinajstić information content (AvgIpc) is 1.64. The summed E-state index contributed by atoms with van der Waals surface area (Å²) in [6.07, 6.45) is -10.3. The Balaban J connectivity index is 0.000000136. The summed E-state index contributed by atoms with van der Waals surface area (Å²) in [5.41, 5.74) is 0.714. The first kappa shape index (κ1) is 94.7. The van der Waals surface area contributed by atoms with Gasteiger partial charge in [0.2, 0.25) is 5.91 Å². The smallest absolute Gasteiger partial charge is 0.337 e. The van der Waals surface area contributed by atoms with Crippen molar-refractivity contribution in [3.05, 3.63) is 207 Å². The van der Waals surface area contributed by atoms with Crippen molar-refractivity contribution in [2.24, 2.45) is 11.3 Å². The molecule has 2 aliphatic carbocycles. The number of piperidine rings is 4. The fourth-order valence-corrected chi connectivity index (χ4v) is 18.8. The zero-order valence-electron chi connectivity index (χ0n) is 71.0. The van der Waals surface area contributed by atoms with E-state index in [2.05, 4.69) is 83.6 Å². The van der Waals surface area contributed by atoms with Crippen LogP contribution in [0.1, 0.15) is 280 Å². The van der Waals surface area contributed by atoms with E-state index in [-0.39, 0.29) is 173 Å². The molecule has 10 aliphatic rings. The minimum absolute atomic E-state index is 0.109. The topological polar surface area (TPSA) is 235 Å². The van der Waals surface area contributed by atoms with E-state index < -0.39 is 117 Å². The van der Waals surface area contributed by atoms with Gasteiger partial charge in [-0.25, -0.2) is 35.1 Å². The Morgan fingerprint density at radius 1 is 0.364 bits per heavy atom. The van der Waals surface area contributed by atoms with Crippen LogP contribution in [0.5, 0.6) is 0 Å². The Kier molecular flexibility index (Phi) is 27.7. The summed E-state index contributed by atoms with van der Waals surface area (Å²) in [7, 11) is 0. The van der Waals surface area contributed by atoms with E-state index in [0.29, 0.717) is 79.7 Å². The molecule has 0 spiro atoms. The molecule has 4 aromatic heterocycles. The molecule has 8 aromatic rings. The van der Waals surface area contributed by atoms with E-state index in [1.165, 1.54) is 50.3 Å². The van der Waals surface area contributed by atoms with E-state index in [4.69, 9.17) is 0 Å². The van der Waals surface area contributed by atoms with Gasteiger partial charge in [0.05, 0.1) is 58.1 Å². The molecule has 0 bridgehead atoms. The molecule has 6 fully saturated rings. The van der Waals surface area contributed by atoms with Gasteiger partial charge in [-0.15, -0.1) is 0 Å². The molecule has 41 heteroatoms. The molecule has 21 nitrogen and oxygen atoms in total. The van der Waals surface area contributed by atoms with Gasteiger partial charge in [-0.1, -0.05) is 77.6 Å². The number of halogens is 20. The second-order valence-electron chi connectivity index (χ2n) is 35.7. The molecular weight excluding hydrogens is 1740 g/mol. The maximum atomic E-state index is 14.0. The largest absolute Gasteiger partial charge is 0.419 e. The summed E-state index contributed by atoms with van der Waals surface area (Å²) in [5, 5.41) is 31.1. The van der Waals surface area contributed by atoms with Crippen molar-refractivity contribution < 1.29 is 112 Å². The number of nitrogens with zero attached hydrogens (tertiary/aromatic N) is 11. The monoisotopic (exact) mass is 1840 g/mol. The highest BCUT2D eigenvalue weighted by molar-refractivity contribution is 5.96. The zero-order valence-corrected chi connectivity index (χ0v) is 71.0. The molecule has 5 amide bonds. The number of nitrogens with one attached hydrogen (secondary N) is 5. The number of carbonyl (C=O) groups excluding carboxylic acids is 5. The normalized spacial score (nSPS) is 18.6. The van der Waals surface area contributed by atoms with Crippen LogP contribution in [0.15, 0.2) is 48.5 Å². The number of hydrogen-bond acceptors (Lipinski definition) is 12. The number of H-pyrrole nitrogens is 4. The van der Waals surface area contributed by atoms with Crippen LogP contribution in [-0.4, -0.2) is 170 Å². The molecular formula is C88H96F20N16O5. The molecule has 129 heavy (non-hydrogen) atoms. The lowest BCUT2D eigenvalue weighted by molar-refractivity contribution is -0.142. The van der Waals surface area contributed by atoms with Crippen molar-refractivity contribution in [3.8, 4) is 0 Å². The molecule has 4 aromatic carbocycles. The standard InChI is InChI=1S/C23H27F5N4O.C22H23F5N4O.C20H19F5N4O2.C18H17F5N4O.C5H10/c1-22(2,3)12-31-10-15-17(11-31)29-30-20(15)21(33)32-8-6-13(7-9-32)14-4-5-16(24)19(25)18(14)23(26,27)28;23-16-5-4-14(18(19(16)24)22(25,26)27)12-6-8-30(9-7-12)21(32)20-15-10-31(13-2-1-3-13)11-17(15)28-29-20;1-10(30)29-8-13-15(9-29)26-27-18(13)19(31)28-6-4-11(5-7-28)12-2-3-14(21)17(22)16(12)20(23,24)25;19-12-2-1-10(14(15(12)20)18(21,22)23)9-3-5-27(6-4-9)17(28)16-11-7-24-8-13(11)25-26-16;1-2-5-3-4-5/h4-5,13H,6-12H2,1-3H3,(H,29,30);4-5,12-13H,1-3,6-11H2,(H,28,29);2-3,11H,4-9H2,1H3,(H,26,27);1-2,9,24H,3-8H2,(H,25,26);5H,2-4H2,1H3. The van der Waals surface area contributed by atoms with E-state index in [1.807, 2.05) is 0 Å². The maximum Gasteiger partial charge on any atom is 0.419 e. The van der Waals surface area contributed by atoms with Gasteiger partial charge < -0.3 is 29.8 Å². The molecule has 12 heterocycles. The first-order valence-corrected chi connectivity index (χ1v) is 42.9. The van der Waals surface area contributed by atoms with Gasteiger partial charge in [-0.2, -0.15) is 73.1 Å². The quantitative estimate of drug-likeness (QED) is 0.0761. The number of amides is 5. The number of alkyl halides is 12. The van der Waals surface area contributed by atoms with Crippen LogP contribution in [0.25, 0.3) is 0 Å². The molecule has 0 atom stereocenters. The van der Waals surface area contributed by atoms with Crippen LogP contribution in [0.2, 0.25) is 0 Å². The Bertz CT molecular complexity index is 5460. The Morgan fingerprint density at radius 2 is 0.674 bits per heavy atom. The Morgan fingerprint density at radius 3 is 0.969 bits per heavy atom. The zero-order chi connectivity index (χ0) is 93.0. The molecule has 8 aliphatic heterocycles. The Hall–Kier alpha value is -10.5. The van der Waals surface area contributed by atoms with Crippen molar-refractivity contribution in [1.29, 1.82) is 0 Å². The highest BCUT2D eigenvalue weighted by atomic mass is 19.4. The van der Waals surface area contributed by atoms with Gasteiger partial charge in [-0.05, 0) is 146 Å². The highest BCUT2D eigenvalue weighted by Crippen LogP contribution is 2.48. The lowest BCUT2D eigenvalue weighted by Gasteiger charge is -2.34. The van der Waals surface area contributed by atoms with Crippen molar-refractivity contribution in [2.75, 3.05) is 58.9 Å². The fourth-order valence-electron chi connectivity index (χ4n) is 18.8. The predicted molar refractivity (Wildman–Crippen MR) is 425 cm³/mol. The third kappa shape index (κ3) is 20.7. The summed E-state index contributed by atoms with van der Waals surface area (Å²) < 4.78 is 270. The lowest BCUT2D eigenvalue weighted by Crippen LogP contribution is -2.39. The summed E-state index contributed by atoms with van der Waals surface area (Å²) in [5.74, 6) is -16.2. The number of rotatable bonds is 11. The average molecular weight is 1840 g/mol. The predicted octanol–water partition coefficient (Wildman–Crippen LogP) is 18.4. The van der Waals surface area contributed by atoms with Crippen LogP contribution in [-0.2, 0) is 81.9 Å². The third-order valence-corrected chi connectivity index (χ3v) is 25.9. The van der Waals surface area contributed by atoms with E-state index in [0.717, 1.165) is 95.2 Å².